The number of rotatable bonds is 2. The summed E-state index contributed by atoms with van der Waals surface area (Å²) in [6.07, 6.45) is 2.62. The molecule has 4 heteroatoms. The average molecular weight is 311 g/mol. The van der Waals surface area contributed by atoms with Gasteiger partial charge in [0.1, 0.15) is 0 Å². The summed E-state index contributed by atoms with van der Waals surface area (Å²) in [6.45, 7) is 3.42. The second-order valence-corrected chi connectivity index (χ2v) is 6.04. The van der Waals surface area contributed by atoms with Gasteiger partial charge in [-0.2, -0.15) is 0 Å². The molecule has 0 radical (unpaired) electrons. The first-order valence-electron chi connectivity index (χ1n) is 6.62. The van der Waals surface area contributed by atoms with Crippen LogP contribution >= 0.6 is 15.9 Å². The van der Waals surface area contributed by atoms with Crippen LogP contribution in [0.3, 0.4) is 0 Å². The van der Waals surface area contributed by atoms with Gasteiger partial charge in [0.15, 0.2) is 0 Å². The number of morpholine rings is 1. The van der Waals surface area contributed by atoms with E-state index in [4.69, 9.17) is 10.5 Å². The van der Waals surface area contributed by atoms with E-state index in [-0.39, 0.29) is 6.10 Å². The van der Waals surface area contributed by atoms with E-state index in [0.717, 1.165) is 19.7 Å². The predicted octanol–water partition coefficient (Wildman–Crippen LogP) is 2.10. The molecule has 2 N–H and O–H groups in total. The normalized spacial score (nSPS) is 28.3. The van der Waals surface area contributed by atoms with Crippen molar-refractivity contribution < 1.29 is 4.74 Å². The maximum absolute atomic E-state index is 5.72. The van der Waals surface area contributed by atoms with Gasteiger partial charge in [-0.3, -0.25) is 4.90 Å². The van der Waals surface area contributed by atoms with Crippen molar-refractivity contribution in [2.75, 3.05) is 26.2 Å². The van der Waals surface area contributed by atoms with E-state index in [1.807, 2.05) is 0 Å². The third-order valence-electron chi connectivity index (χ3n) is 4.02. The molecule has 1 aromatic rings. The second-order valence-electron chi connectivity index (χ2n) is 5.12. The zero-order valence-corrected chi connectivity index (χ0v) is 12.0. The molecule has 0 saturated carbocycles. The summed E-state index contributed by atoms with van der Waals surface area (Å²) in [6, 6.07) is 7.24. The Morgan fingerprint density at radius 3 is 3.17 bits per heavy atom. The van der Waals surface area contributed by atoms with Gasteiger partial charge in [0.2, 0.25) is 0 Å². The smallest absolute Gasteiger partial charge is 0.0824 e. The van der Waals surface area contributed by atoms with E-state index in [0.29, 0.717) is 12.6 Å². The van der Waals surface area contributed by atoms with Gasteiger partial charge in [-0.15, -0.1) is 0 Å². The Bertz CT molecular complexity index is 438. The molecule has 1 aromatic carbocycles. The molecule has 1 saturated heterocycles. The zero-order valence-electron chi connectivity index (χ0n) is 10.4. The van der Waals surface area contributed by atoms with Crippen LogP contribution in [0.5, 0.6) is 0 Å². The summed E-state index contributed by atoms with van der Waals surface area (Å²) < 4.78 is 6.83. The van der Waals surface area contributed by atoms with Crippen LogP contribution in [0.1, 0.15) is 23.6 Å². The number of ether oxygens (including phenoxy) is 1. The molecule has 18 heavy (non-hydrogen) atoms. The van der Waals surface area contributed by atoms with Gasteiger partial charge in [0, 0.05) is 30.1 Å². The molecular formula is C14H19BrN2O. The zero-order chi connectivity index (χ0) is 12.5. The van der Waals surface area contributed by atoms with Gasteiger partial charge >= 0.3 is 0 Å². The molecule has 1 fully saturated rings. The fourth-order valence-electron chi connectivity index (χ4n) is 3.11. The third-order valence-corrected chi connectivity index (χ3v) is 4.52. The van der Waals surface area contributed by atoms with Crippen LogP contribution < -0.4 is 5.73 Å². The number of nitrogens with two attached hydrogens (primary N) is 1. The minimum atomic E-state index is 0.207. The number of hydrogen-bond donors (Lipinski definition) is 1. The van der Waals surface area contributed by atoms with Crippen LogP contribution in [-0.4, -0.2) is 37.2 Å². The summed E-state index contributed by atoms with van der Waals surface area (Å²) in [5.41, 5.74) is 8.71. The molecule has 2 unspecified atom stereocenters. The monoisotopic (exact) mass is 310 g/mol. The van der Waals surface area contributed by atoms with Gasteiger partial charge in [-0.25, -0.2) is 0 Å². The summed E-state index contributed by atoms with van der Waals surface area (Å²) in [5.74, 6) is 0. The van der Waals surface area contributed by atoms with Crippen LogP contribution in [0.25, 0.3) is 0 Å². The van der Waals surface area contributed by atoms with Crippen LogP contribution in [0, 0.1) is 0 Å². The topological polar surface area (TPSA) is 38.5 Å². The molecule has 0 amide bonds. The minimum Gasteiger partial charge on any atom is -0.374 e. The van der Waals surface area contributed by atoms with Crippen LogP contribution in [0.2, 0.25) is 0 Å². The van der Waals surface area contributed by atoms with Crippen molar-refractivity contribution in [3.05, 3.63) is 33.8 Å². The van der Waals surface area contributed by atoms with Crippen LogP contribution in [-0.2, 0) is 11.2 Å². The lowest BCUT2D eigenvalue weighted by Crippen LogP contribution is -2.46. The number of hydrogen-bond acceptors (Lipinski definition) is 3. The lowest BCUT2D eigenvalue weighted by atomic mass is 10.1. The molecule has 1 aliphatic heterocycles. The molecule has 3 nitrogen and oxygen atoms in total. The first kappa shape index (κ1) is 12.6. The average Bonchev–Trinajstić information content (AvgIpc) is 2.81. The quantitative estimate of drug-likeness (QED) is 0.909. The molecular weight excluding hydrogens is 292 g/mol. The predicted molar refractivity (Wildman–Crippen MR) is 75.6 cm³/mol. The van der Waals surface area contributed by atoms with Gasteiger partial charge < -0.3 is 10.5 Å². The van der Waals surface area contributed by atoms with Crippen LogP contribution in [0.15, 0.2) is 22.7 Å². The van der Waals surface area contributed by atoms with Crippen molar-refractivity contribution in [3.63, 3.8) is 0 Å². The number of halogens is 1. The van der Waals surface area contributed by atoms with Gasteiger partial charge in [-0.05, 0) is 36.1 Å². The molecule has 3 rings (SSSR count). The highest BCUT2D eigenvalue weighted by Gasteiger charge is 2.31. The van der Waals surface area contributed by atoms with Crippen molar-refractivity contribution in [2.45, 2.75) is 25.0 Å². The van der Waals surface area contributed by atoms with Gasteiger partial charge in [-0.1, -0.05) is 22.0 Å². The van der Waals surface area contributed by atoms with E-state index in [2.05, 4.69) is 39.0 Å². The van der Waals surface area contributed by atoms with E-state index in [1.165, 1.54) is 28.4 Å². The van der Waals surface area contributed by atoms with Gasteiger partial charge in [0.25, 0.3) is 0 Å². The third kappa shape index (κ3) is 2.35. The van der Waals surface area contributed by atoms with E-state index < -0.39 is 0 Å². The summed E-state index contributed by atoms with van der Waals surface area (Å²) in [4.78, 5) is 2.54. The highest BCUT2D eigenvalue weighted by molar-refractivity contribution is 9.10. The Balaban J connectivity index is 1.79. The van der Waals surface area contributed by atoms with Crippen molar-refractivity contribution >= 4 is 15.9 Å². The maximum Gasteiger partial charge on any atom is 0.0824 e. The summed E-state index contributed by atoms with van der Waals surface area (Å²) in [5, 5.41) is 0. The number of fused-ring (bicyclic) bond motifs is 1. The van der Waals surface area contributed by atoms with E-state index >= 15 is 0 Å². The molecule has 98 valence electrons. The molecule has 0 bridgehead atoms. The van der Waals surface area contributed by atoms with Crippen molar-refractivity contribution in [1.29, 1.82) is 0 Å². The molecule has 2 aliphatic rings. The number of nitrogens with zero attached hydrogens (tertiary/aromatic N) is 1. The molecule has 0 spiro atoms. The Morgan fingerprint density at radius 2 is 2.33 bits per heavy atom. The molecule has 1 heterocycles. The summed E-state index contributed by atoms with van der Waals surface area (Å²) in [7, 11) is 0. The first-order chi connectivity index (χ1) is 8.78. The SMILES string of the molecule is NCC1CN(C2CCc3cc(Br)ccc32)CCO1. The number of aryl methyl sites for hydroxylation is 1. The lowest BCUT2D eigenvalue weighted by Gasteiger charge is -2.36. The number of benzene rings is 1. The van der Waals surface area contributed by atoms with Crippen molar-refractivity contribution in [3.8, 4) is 0 Å². The largest absolute Gasteiger partial charge is 0.374 e. The fourth-order valence-corrected chi connectivity index (χ4v) is 3.52. The Kier molecular flexibility index (Phi) is 3.71. The van der Waals surface area contributed by atoms with Crippen molar-refractivity contribution in [2.24, 2.45) is 5.73 Å². The highest BCUT2D eigenvalue weighted by Crippen LogP contribution is 2.37. The molecule has 0 aromatic heterocycles. The lowest BCUT2D eigenvalue weighted by molar-refractivity contribution is -0.0387. The van der Waals surface area contributed by atoms with E-state index in [9.17, 15) is 0 Å². The molecule has 2 atom stereocenters. The Hall–Kier alpha value is -0.420. The molecule has 1 aliphatic carbocycles. The second kappa shape index (κ2) is 5.29. The first-order valence-corrected chi connectivity index (χ1v) is 7.41. The maximum atomic E-state index is 5.72. The summed E-state index contributed by atoms with van der Waals surface area (Å²) >= 11 is 3.55. The Labute approximate surface area is 116 Å². The van der Waals surface area contributed by atoms with Gasteiger partial charge in [0.05, 0.1) is 12.7 Å². The van der Waals surface area contributed by atoms with Crippen LogP contribution in [0.4, 0.5) is 0 Å². The highest BCUT2D eigenvalue weighted by atomic mass is 79.9. The van der Waals surface area contributed by atoms with Crippen molar-refractivity contribution in [1.82, 2.24) is 4.90 Å². The van der Waals surface area contributed by atoms with E-state index in [1.54, 1.807) is 0 Å². The fraction of sp³-hybridized carbons (Fsp3) is 0.571. The minimum absolute atomic E-state index is 0.207. The standard InChI is InChI=1S/C14H19BrN2O/c15-11-2-3-13-10(7-11)1-4-14(13)17-5-6-18-12(8-16)9-17/h2-3,7,12,14H,1,4-6,8-9,16H2. The Morgan fingerprint density at radius 1 is 1.44 bits per heavy atom.